The summed E-state index contributed by atoms with van der Waals surface area (Å²) in [5, 5.41) is 12.3. The van der Waals surface area contributed by atoms with Crippen LogP contribution in [0.25, 0.3) is 0 Å². The Hall–Kier alpha value is -2.06. The lowest BCUT2D eigenvalue weighted by Gasteiger charge is -2.29. The zero-order chi connectivity index (χ0) is 13.0. The molecule has 1 aromatic carbocycles. The van der Waals surface area contributed by atoms with Crippen LogP contribution in [0.5, 0.6) is 0 Å². The number of ether oxygens (including phenoxy) is 1. The van der Waals surface area contributed by atoms with Gasteiger partial charge in [-0.15, -0.1) is 0 Å². The molecule has 0 radical (unpaired) electrons. The summed E-state index contributed by atoms with van der Waals surface area (Å²) in [4.78, 5) is 13.7. The fourth-order valence-electron chi connectivity index (χ4n) is 2.02. The number of nitrogens with one attached hydrogen (secondary N) is 1. The second kappa shape index (κ2) is 5.52. The molecule has 1 aliphatic rings. The molecule has 0 amide bonds. The van der Waals surface area contributed by atoms with Crippen molar-refractivity contribution in [3.05, 3.63) is 29.3 Å². The van der Waals surface area contributed by atoms with Gasteiger partial charge in [0.15, 0.2) is 0 Å². The quantitative estimate of drug-likeness (QED) is 0.779. The van der Waals surface area contributed by atoms with Crippen molar-refractivity contribution in [2.24, 2.45) is 0 Å². The van der Waals surface area contributed by atoms with E-state index in [4.69, 9.17) is 10.00 Å². The number of methoxy groups -OCH3 is 1. The zero-order valence-electron chi connectivity index (χ0n) is 10.3. The molecule has 0 aromatic heterocycles. The summed E-state index contributed by atoms with van der Waals surface area (Å²) in [6.07, 6.45) is 0. The minimum absolute atomic E-state index is 0.413. The van der Waals surface area contributed by atoms with Gasteiger partial charge in [-0.2, -0.15) is 5.26 Å². The summed E-state index contributed by atoms with van der Waals surface area (Å²) in [6, 6.07) is 7.21. The van der Waals surface area contributed by atoms with E-state index in [1.54, 1.807) is 18.2 Å². The molecule has 5 nitrogen and oxygen atoms in total. The van der Waals surface area contributed by atoms with E-state index in [9.17, 15) is 4.79 Å². The largest absolute Gasteiger partial charge is 0.465 e. The minimum atomic E-state index is -0.413. The van der Waals surface area contributed by atoms with E-state index in [0.717, 1.165) is 31.9 Å². The second-order valence-electron chi connectivity index (χ2n) is 4.11. The normalized spacial score (nSPS) is 15.0. The predicted octanol–water partition coefficient (Wildman–Crippen LogP) is 0.754. The number of hydrogen-bond acceptors (Lipinski definition) is 5. The van der Waals surface area contributed by atoms with Gasteiger partial charge in [0.05, 0.1) is 24.3 Å². The summed E-state index contributed by atoms with van der Waals surface area (Å²) in [5.41, 5.74) is 1.80. The third-order valence-electron chi connectivity index (χ3n) is 2.95. The number of nitrogens with zero attached hydrogens (tertiary/aromatic N) is 2. The zero-order valence-corrected chi connectivity index (χ0v) is 10.3. The number of esters is 1. The number of carbonyl (C=O) groups excluding carboxylic acids is 1. The molecule has 1 saturated heterocycles. The van der Waals surface area contributed by atoms with Gasteiger partial charge >= 0.3 is 5.97 Å². The molecule has 1 fully saturated rings. The number of rotatable bonds is 2. The highest BCUT2D eigenvalue weighted by molar-refractivity contribution is 5.91. The van der Waals surface area contributed by atoms with Crippen LogP contribution in [0.4, 0.5) is 5.69 Å². The Bertz CT molecular complexity index is 487. The first kappa shape index (κ1) is 12.4. The molecular formula is C13H15N3O2. The second-order valence-corrected chi connectivity index (χ2v) is 4.11. The molecule has 5 heteroatoms. The predicted molar refractivity (Wildman–Crippen MR) is 67.6 cm³/mol. The maximum Gasteiger partial charge on any atom is 0.337 e. The minimum Gasteiger partial charge on any atom is -0.465 e. The molecule has 1 aliphatic heterocycles. The van der Waals surface area contributed by atoms with Gasteiger partial charge in [0.2, 0.25) is 0 Å². The van der Waals surface area contributed by atoms with Crippen LogP contribution in [0.2, 0.25) is 0 Å². The van der Waals surface area contributed by atoms with Gasteiger partial charge in [-0.3, -0.25) is 0 Å². The molecule has 0 aliphatic carbocycles. The molecule has 0 unspecified atom stereocenters. The van der Waals surface area contributed by atoms with Crippen molar-refractivity contribution in [2.75, 3.05) is 38.2 Å². The maximum absolute atomic E-state index is 11.6. The number of nitriles is 1. The molecule has 1 N–H and O–H groups in total. The number of benzene rings is 1. The summed E-state index contributed by atoms with van der Waals surface area (Å²) in [6.45, 7) is 3.56. The van der Waals surface area contributed by atoms with Gasteiger partial charge < -0.3 is 15.0 Å². The number of piperazine rings is 1. The van der Waals surface area contributed by atoms with Gasteiger partial charge in [-0.05, 0) is 18.2 Å². The Morgan fingerprint density at radius 2 is 2.11 bits per heavy atom. The summed E-state index contributed by atoms with van der Waals surface area (Å²) >= 11 is 0. The van der Waals surface area contributed by atoms with Crippen LogP contribution >= 0.6 is 0 Å². The fourth-order valence-corrected chi connectivity index (χ4v) is 2.02. The molecule has 0 atom stereocenters. The Morgan fingerprint density at radius 3 is 2.72 bits per heavy atom. The molecule has 18 heavy (non-hydrogen) atoms. The van der Waals surface area contributed by atoms with E-state index in [0.29, 0.717) is 11.1 Å². The van der Waals surface area contributed by atoms with E-state index in [1.807, 2.05) is 0 Å². The van der Waals surface area contributed by atoms with Crippen molar-refractivity contribution in [2.45, 2.75) is 0 Å². The maximum atomic E-state index is 11.6. The highest BCUT2D eigenvalue weighted by atomic mass is 16.5. The van der Waals surface area contributed by atoms with Gasteiger partial charge in [-0.1, -0.05) is 0 Å². The Balaban J connectivity index is 2.34. The van der Waals surface area contributed by atoms with Crippen LogP contribution in [0.15, 0.2) is 18.2 Å². The Labute approximate surface area is 106 Å². The molecule has 1 aromatic rings. The first-order valence-corrected chi connectivity index (χ1v) is 5.84. The fraction of sp³-hybridized carbons (Fsp3) is 0.385. The molecule has 0 bridgehead atoms. The standard InChI is InChI=1S/C13H15N3O2/c1-18-13(17)11-6-10(9-14)7-12(8-11)16-4-2-15-3-5-16/h6-8,15H,2-5H2,1H3. The Morgan fingerprint density at radius 1 is 1.39 bits per heavy atom. The van der Waals surface area contributed by atoms with Crippen LogP contribution in [0, 0.1) is 11.3 Å². The molecular weight excluding hydrogens is 230 g/mol. The average molecular weight is 245 g/mol. The first-order valence-electron chi connectivity index (χ1n) is 5.84. The van der Waals surface area contributed by atoms with E-state index in [2.05, 4.69) is 16.3 Å². The van der Waals surface area contributed by atoms with Crippen molar-refractivity contribution < 1.29 is 9.53 Å². The van der Waals surface area contributed by atoms with Gasteiger partial charge in [-0.25, -0.2) is 4.79 Å². The van der Waals surface area contributed by atoms with Gasteiger partial charge in [0, 0.05) is 31.9 Å². The van der Waals surface area contributed by atoms with E-state index < -0.39 is 5.97 Å². The highest BCUT2D eigenvalue weighted by Gasteiger charge is 2.14. The lowest BCUT2D eigenvalue weighted by atomic mass is 10.1. The third-order valence-corrected chi connectivity index (χ3v) is 2.95. The van der Waals surface area contributed by atoms with Crippen LogP contribution < -0.4 is 10.2 Å². The SMILES string of the molecule is COC(=O)c1cc(C#N)cc(N2CCNCC2)c1. The monoisotopic (exact) mass is 245 g/mol. The van der Waals surface area contributed by atoms with Crippen LogP contribution in [0.3, 0.4) is 0 Å². The van der Waals surface area contributed by atoms with Crippen molar-refractivity contribution in [1.82, 2.24) is 5.32 Å². The smallest absolute Gasteiger partial charge is 0.337 e. The van der Waals surface area contributed by atoms with Crippen LogP contribution in [-0.2, 0) is 4.74 Å². The van der Waals surface area contributed by atoms with E-state index in [1.165, 1.54) is 7.11 Å². The summed E-state index contributed by atoms with van der Waals surface area (Å²) < 4.78 is 4.70. The molecule has 0 spiro atoms. The number of anilines is 1. The first-order chi connectivity index (χ1) is 8.74. The Kier molecular flexibility index (Phi) is 3.80. The molecule has 1 heterocycles. The van der Waals surface area contributed by atoms with Crippen LogP contribution in [-0.4, -0.2) is 39.3 Å². The lowest BCUT2D eigenvalue weighted by Crippen LogP contribution is -2.43. The number of hydrogen-bond donors (Lipinski definition) is 1. The van der Waals surface area contributed by atoms with E-state index in [-0.39, 0.29) is 0 Å². The van der Waals surface area contributed by atoms with Gasteiger partial charge in [0.1, 0.15) is 0 Å². The molecule has 2 rings (SSSR count). The molecule has 0 saturated carbocycles. The summed E-state index contributed by atoms with van der Waals surface area (Å²) in [7, 11) is 1.34. The van der Waals surface area contributed by atoms with Crippen LogP contribution in [0.1, 0.15) is 15.9 Å². The van der Waals surface area contributed by atoms with Crippen molar-refractivity contribution in [1.29, 1.82) is 5.26 Å². The lowest BCUT2D eigenvalue weighted by molar-refractivity contribution is 0.0600. The third kappa shape index (κ3) is 2.60. The van der Waals surface area contributed by atoms with Crippen molar-refractivity contribution >= 4 is 11.7 Å². The van der Waals surface area contributed by atoms with Crippen molar-refractivity contribution in [3.63, 3.8) is 0 Å². The number of carbonyl (C=O) groups is 1. The topological polar surface area (TPSA) is 65.4 Å². The molecule has 94 valence electrons. The van der Waals surface area contributed by atoms with E-state index >= 15 is 0 Å². The average Bonchev–Trinajstić information content (AvgIpc) is 2.46. The highest BCUT2D eigenvalue weighted by Crippen LogP contribution is 2.20. The van der Waals surface area contributed by atoms with Gasteiger partial charge in [0.25, 0.3) is 0 Å². The van der Waals surface area contributed by atoms with Crippen molar-refractivity contribution in [3.8, 4) is 6.07 Å². The summed E-state index contributed by atoms with van der Waals surface area (Å²) in [5.74, 6) is -0.413.